The molecule has 1 fully saturated rings. The molecule has 0 N–H and O–H groups in total. The van der Waals surface area contributed by atoms with Gasteiger partial charge in [0.1, 0.15) is 5.82 Å². The quantitative estimate of drug-likeness (QED) is 0.762. The standard InChI is InChI=1S/C15H19ClN2/c1-10-3-4-13-14(9-10)18(12-7-11(2)8-12)15(17-13)5-6-16/h3-4,9,11-12H,5-8H2,1-2H3. The van der Waals surface area contributed by atoms with Crippen LogP contribution >= 0.6 is 11.6 Å². The molecule has 1 aromatic carbocycles. The number of benzene rings is 1. The van der Waals surface area contributed by atoms with E-state index in [1.165, 1.54) is 23.9 Å². The lowest BCUT2D eigenvalue weighted by atomic mass is 9.81. The monoisotopic (exact) mass is 262 g/mol. The lowest BCUT2D eigenvalue weighted by molar-refractivity contribution is 0.217. The molecule has 0 spiro atoms. The van der Waals surface area contributed by atoms with E-state index in [0.29, 0.717) is 11.9 Å². The predicted octanol–water partition coefficient (Wildman–Crippen LogP) is 4.10. The third-order valence-electron chi connectivity index (χ3n) is 3.95. The number of imidazole rings is 1. The minimum atomic E-state index is 0.630. The molecule has 1 aromatic heterocycles. The first kappa shape index (κ1) is 12.0. The van der Waals surface area contributed by atoms with Crippen LogP contribution in [-0.4, -0.2) is 15.4 Å². The van der Waals surface area contributed by atoms with Crippen LogP contribution in [0.25, 0.3) is 11.0 Å². The largest absolute Gasteiger partial charge is 0.325 e. The average molecular weight is 263 g/mol. The van der Waals surface area contributed by atoms with Crippen LogP contribution in [0.4, 0.5) is 0 Å². The Morgan fingerprint density at radius 1 is 1.39 bits per heavy atom. The van der Waals surface area contributed by atoms with E-state index in [9.17, 15) is 0 Å². The molecule has 96 valence electrons. The first-order valence-corrected chi connectivity index (χ1v) is 7.26. The number of rotatable bonds is 3. The van der Waals surface area contributed by atoms with Crippen molar-refractivity contribution in [1.29, 1.82) is 0 Å². The highest BCUT2D eigenvalue weighted by Crippen LogP contribution is 2.40. The van der Waals surface area contributed by atoms with Crippen LogP contribution < -0.4 is 0 Å². The normalized spacial score (nSPS) is 23.3. The van der Waals surface area contributed by atoms with Crippen LogP contribution in [0.1, 0.15) is 37.2 Å². The Morgan fingerprint density at radius 3 is 2.83 bits per heavy atom. The highest BCUT2D eigenvalue weighted by Gasteiger charge is 2.29. The van der Waals surface area contributed by atoms with Gasteiger partial charge in [0.25, 0.3) is 0 Å². The van der Waals surface area contributed by atoms with E-state index in [-0.39, 0.29) is 0 Å². The molecule has 0 atom stereocenters. The van der Waals surface area contributed by atoms with Crippen molar-refractivity contribution in [2.24, 2.45) is 5.92 Å². The number of nitrogens with zero attached hydrogens (tertiary/aromatic N) is 2. The zero-order chi connectivity index (χ0) is 12.7. The van der Waals surface area contributed by atoms with E-state index in [2.05, 4.69) is 36.6 Å². The van der Waals surface area contributed by atoms with Crippen molar-refractivity contribution < 1.29 is 0 Å². The fourth-order valence-electron chi connectivity index (χ4n) is 2.99. The summed E-state index contributed by atoms with van der Waals surface area (Å²) in [7, 11) is 0. The molecule has 0 unspecified atom stereocenters. The smallest absolute Gasteiger partial charge is 0.111 e. The minimum absolute atomic E-state index is 0.630. The molecule has 18 heavy (non-hydrogen) atoms. The van der Waals surface area contributed by atoms with Crippen molar-refractivity contribution in [3.8, 4) is 0 Å². The maximum Gasteiger partial charge on any atom is 0.111 e. The van der Waals surface area contributed by atoms with Gasteiger partial charge in [-0.15, -0.1) is 11.6 Å². The van der Waals surface area contributed by atoms with Gasteiger partial charge >= 0.3 is 0 Å². The van der Waals surface area contributed by atoms with Gasteiger partial charge in [-0.2, -0.15) is 0 Å². The summed E-state index contributed by atoms with van der Waals surface area (Å²) < 4.78 is 2.44. The second-order valence-electron chi connectivity index (χ2n) is 5.56. The third kappa shape index (κ3) is 1.93. The maximum atomic E-state index is 5.91. The number of hydrogen-bond donors (Lipinski definition) is 0. The minimum Gasteiger partial charge on any atom is -0.325 e. The van der Waals surface area contributed by atoms with Gasteiger partial charge < -0.3 is 4.57 Å². The second kappa shape index (κ2) is 4.58. The van der Waals surface area contributed by atoms with Crippen LogP contribution in [-0.2, 0) is 6.42 Å². The van der Waals surface area contributed by atoms with Gasteiger partial charge in [0, 0.05) is 18.3 Å². The van der Waals surface area contributed by atoms with Gasteiger partial charge in [-0.3, -0.25) is 0 Å². The lowest BCUT2D eigenvalue weighted by Crippen LogP contribution is -2.26. The molecule has 1 saturated carbocycles. The predicted molar refractivity (Wildman–Crippen MR) is 76.3 cm³/mol. The Kier molecular flexibility index (Phi) is 3.06. The number of halogens is 1. The topological polar surface area (TPSA) is 17.8 Å². The van der Waals surface area contributed by atoms with Crippen LogP contribution in [0.15, 0.2) is 18.2 Å². The van der Waals surface area contributed by atoms with Gasteiger partial charge in [-0.25, -0.2) is 4.98 Å². The lowest BCUT2D eigenvalue weighted by Gasteiger charge is -2.35. The third-order valence-corrected chi connectivity index (χ3v) is 4.14. The molecular weight excluding hydrogens is 244 g/mol. The van der Waals surface area contributed by atoms with Gasteiger partial charge in [0.05, 0.1) is 11.0 Å². The summed E-state index contributed by atoms with van der Waals surface area (Å²) >= 11 is 5.91. The van der Waals surface area contributed by atoms with Gasteiger partial charge in [-0.1, -0.05) is 13.0 Å². The summed E-state index contributed by atoms with van der Waals surface area (Å²) in [5.74, 6) is 2.65. The second-order valence-corrected chi connectivity index (χ2v) is 5.94. The number of alkyl halides is 1. The number of aromatic nitrogens is 2. The van der Waals surface area contributed by atoms with Gasteiger partial charge in [-0.05, 0) is 43.4 Å². The van der Waals surface area contributed by atoms with Crippen molar-refractivity contribution in [3.63, 3.8) is 0 Å². The molecule has 0 radical (unpaired) electrons. The summed E-state index contributed by atoms with van der Waals surface area (Å²) in [4.78, 5) is 4.75. The van der Waals surface area contributed by atoms with Crippen molar-refractivity contribution in [3.05, 3.63) is 29.6 Å². The van der Waals surface area contributed by atoms with Crippen LogP contribution in [0.3, 0.4) is 0 Å². The van der Waals surface area contributed by atoms with E-state index in [1.807, 2.05) is 0 Å². The first-order valence-electron chi connectivity index (χ1n) is 6.72. The SMILES string of the molecule is Cc1ccc2nc(CCCl)n(C3CC(C)C3)c2c1. The highest BCUT2D eigenvalue weighted by atomic mass is 35.5. The van der Waals surface area contributed by atoms with E-state index >= 15 is 0 Å². The molecular formula is C15H19ClN2. The summed E-state index contributed by atoms with van der Waals surface area (Å²) in [6.07, 6.45) is 3.41. The zero-order valence-corrected chi connectivity index (χ0v) is 11.7. The number of hydrogen-bond acceptors (Lipinski definition) is 1. The van der Waals surface area contributed by atoms with E-state index in [4.69, 9.17) is 16.6 Å². The van der Waals surface area contributed by atoms with E-state index in [1.54, 1.807) is 0 Å². The molecule has 1 heterocycles. The highest BCUT2D eigenvalue weighted by molar-refractivity contribution is 6.17. The molecule has 2 nitrogen and oxygen atoms in total. The summed E-state index contributed by atoms with van der Waals surface area (Å²) in [5.41, 5.74) is 3.70. The van der Waals surface area contributed by atoms with Crippen molar-refractivity contribution in [1.82, 2.24) is 9.55 Å². The summed E-state index contributed by atoms with van der Waals surface area (Å²) in [6.45, 7) is 4.46. The van der Waals surface area contributed by atoms with E-state index < -0.39 is 0 Å². The molecule has 3 rings (SSSR count). The Labute approximate surface area is 113 Å². The van der Waals surface area contributed by atoms with Crippen molar-refractivity contribution in [2.45, 2.75) is 39.2 Å². The number of aryl methyl sites for hydroxylation is 2. The first-order chi connectivity index (χ1) is 8.69. The van der Waals surface area contributed by atoms with Crippen LogP contribution in [0.5, 0.6) is 0 Å². The zero-order valence-electron chi connectivity index (χ0n) is 11.0. The molecule has 3 heteroatoms. The average Bonchev–Trinajstić information content (AvgIpc) is 2.63. The Bertz CT molecular complexity index is 567. The summed E-state index contributed by atoms with van der Waals surface area (Å²) in [5, 5.41) is 0. The molecule has 0 saturated heterocycles. The van der Waals surface area contributed by atoms with Gasteiger partial charge in [0.15, 0.2) is 0 Å². The molecule has 0 bridgehead atoms. The van der Waals surface area contributed by atoms with Gasteiger partial charge in [0.2, 0.25) is 0 Å². The van der Waals surface area contributed by atoms with Crippen molar-refractivity contribution in [2.75, 3.05) is 5.88 Å². The fraction of sp³-hybridized carbons (Fsp3) is 0.533. The van der Waals surface area contributed by atoms with Crippen LogP contribution in [0, 0.1) is 12.8 Å². The fourth-order valence-corrected chi connectivity index (χ4v) is 3.16. The summed E-state index contributed by atoms with van der Waals surface area (Å²) in [6, 6.07) is 7.14. The molecule has 0 amide bonds. The Balaban J connectivity index is 2.11. The van der Waals surface area contributed by atoms with Crippen LogP contribution in [0.2, 0.25) is 0 Å². The Hall–Kier alpha value is -1.02. The Morgan fingerprint density at radius 2 is 2.17 bits per heavy atom. The molecule has 1 aliphatic carbocycles. The van der Waals surface area contributed by atoms with Crippen molar-refractivity contribution >= 4 is 22.6 Å². The molecule has 2 aromatic rings. The van der Waals surface area contributed by atoms with E-state index in [0.717, 1.165) is 23.7 Å². The molecule has 1 aliphatic rings. The maximum absolute atomic E-state index is 5.91. The number of fused-ring (bicyclic) bond motifs is 1. The molecule has 0 aliphatic heterocycles.